The maximum atomic E-state index is 6.43. The lowest BCUT2D eigenvalue weighted by atomic mass is 9.67. The summed E-state index contributed by atoms with van der Waals surface area (Å²) in [6.45, 7) is 9.37. The Morgan fingerprint density at radius 1 is 1.22 bits per heavy atom. The van der Waals surface area contributed by atoms with Gasteiger partial charge in [0.1, 0.15) is 5.75 Å². The van der Waals surface area contributed by atoms with Gasteiger partial charge in [-0.25, -0.2) is 0 Å². The topological polar surface area (TPSA) is 36.9 Å². The molecule has 142 valence electrons. The van der Waals surface area contributed by atoms with E-state index in [1.807, 2.05) is 24.3 Å². The lowest BCUT2D eigenvalue weighted by Gasteiger charge is -2.47. The molecular weight excluding hydrogens is 355 g/mol. The average molecular weight is 382 g/mol. The van der Waals surface area contributed by atoms with Crippen LogP contribution in [0.3, 0.4) is 0 Å². The first kappa shape index (κ1) is 20.0. The highest BCUT2D eigenvalue weighted by molar-refractivity contribution is 6.65. The van der Waals surface area contributed by atoms with Crippen molar-refractivity contribution in [2.45, 2.75) is 33.3 Å². The molecule has 1 aliphatic heterocycles. The minimum atomic E-state index is -0.473. The van der Waals surface area contributed by atoms with E-state index in [9.17, 15) is 0 Å². The predicted molar refractivity (Wildman–Crippen MR) is 114 cm³/mol. The van der Waals surface area contributed by atoms with E-state index in [2.05, 4.69) is 45.2 Å². The van der Waals surface area contributed by atoms with Crippen LogP contribution >= 0.6 is 0 Å². The van der Waals surface area contributed by atoms with Crippen LogP contribution in [0.4, 0.5) is 0 Å². The molecule has 0 aliphatic carbocycles. The monoisotopic (exact) mass is 382 g/mol. The Balaban J connectivity index is 2.15. The van der Waals surface area contributed by atoms with E-state index in [0.717, 1.165) is 37.8 Å². The zero-order valence-corrected chi connectivity index (χ0v) is 19.0. The third-order valence-electron chi connectivity index (χ3n) is 5.46. The molecule has 0 aromatic heterocycles. The molecule has 3 rings (SSSR count). The van der Waals surface area contributed by atoms with E-state index >= 15 is 0 Å². The van der Waals surface area contributed by atoms with E-state index in [1.54, 1.807) is 7.11 Å². The van der Waals surface area contributed by atoms with Gasteiger partial charge in [0.05, 0.1) is 15.8 Å². The number of benzene rings is 2. The SMILES string of the molecule is COCOc1cc(B2OCC(C)(C)C(C)(C)O2)c2c(C#C[SiH3])cccc2c1. The highest BCUT2D eigenvalue weighted by Gasteiger charge is 2.47. The number of ether oxygens (including phenoxy) is 2. The molecule has 0 atom stereocenters. The number of hydrogen-bond donors (Lipinski definition) is 0. The number of hydrogen-bond acceptors (Lipinski definition) is 4. The quantitative estimate of drug-likeness (QED) is 0.461. The molecule has 6 heteroatoms. The van der Waals surface area contributed by atoms with Crippen molar-refractivity contribution in [2.75, 3.05) is 20.5 Å². The van der Waals surface area contributed by atoms with Crippen molar-refractivity contribution >= 4 is 33.6 Å². The lowest BCUT2D eigenvalue weighted by Crippen LogP contribution is -2.58. The number of rotatable bonds is 4. The zero-order valence-electron chi connectivity index (χ0n) is 17.0. The van der Waals surface area contributed by atoms with Crippen molar-refractivity contribution in [1.82, 2.24) is 0 Å². The summed E-state index contributed by atoms with van der Waals surface area (Å²) in [5.41, 5.74) is 4.67. The van der Waals surface area contributed by atoms with Crippen LogP contribution in [0, 0.1) is 16.9 Å². The van der Waals surface area contributed by atoms with Gasteiger partial charge in [-0.15, -0.1) is 5.54 Å². The Morgan fingerprint density at radius 3 is 2.67 bits per heavy atom. The zero-order chi connectivity index (χ0) is 19.7. The molecule has 1 heterocycles. The third-order valence-corrected chi connectivity index (χ3v) is 5.71. The van der Waals surface area contributed by atoms with Crippen LogP contribution < -0.4 is 10.2 Å². The molecule has 0 radical (unpaired) electrons. The first-order chi connectivity index (χ1) is 12.8. The fourth-order valence-corrected chi connectivity index (χ4v) is 3.41. The van der Waals surface area contributed by atoms with Crippen LogP contribution in [-0.4, -0.2) is 43.5 Å². The molecule has 1 saturated heterocycles. The lowest BCUT2D eigenvalue weighted by molar-refractivity contribution is -0.0936. The Labute approximate surface area is 165 Å². The summed E-state index contributed by atoms with van der Waals surface area (Å²) >= 11 is 0. The Hall–Kier alpha value is -1.78. The van der Waals surface area contributed by atoms with E-state index in [-0.39, 0.29) is 17.8 Å². The predicted octanol–water partition coefficient (Wildman–Crippen LogP) is 2.04. The summed E-state index contributed by atoms with van der Waals surface area (Å²) < 4.78 is 23.4. The van der Waals surface area contributed by atoms with E-state index in [4.69, 9.17) is 18.8 Å². The summed E-state index contributed by atoms with van der Waals surface area (Å²) in [7, 11) is 1.96. The first-order valence-electron chi connectivity index (χ1n) is 9.19. The molecule has 0 saturated carbocycles. The van der Waals surface area contributed by atoms with Gasteiger partial charge in [0, 0.05) is 24.7 Å². The summed E-state index contributed by atoms with van der Waals surface area (Å²) in [6.07, 6.45) is 0. The Bertz CT molecular complexity index is 898. The van der Waals surface area contributed by atoms with Crippen molar-refractivity contribution in [3.8, 4) is 17.2 Å². The Kier molecular flexibility index (Phi) is 5.69. The van der Waals surface area contributed by atoms with Crippen molar-refractivity contribution in [2.24, 2.45) is 5.41 Å². The van der Waals surface area contributed by atoms with E-state index in [1.165, 1.54) is 0 Å². The van der Waals surface area contributed by atoms with Gasteiger partial charge in [0.2, 0.25) is 0 Å². The van der Waals surface area contributed by atoms with Crippen LogP contribution in [0.1, 0.15) is 33.3 Å². The van der Waals surface area contributed by atoms with Crippen LogP contribution in [0.2, 0.25) is 0 Å². The second kappa shape index (κ2) is 7.69. The molecule has 1 fully saturated rings. The molecule has 1 aliphatic rings. The second-order valence-electron chi connectivity index (χ2n) is 8.00. The highest BCUT2D eigenvalue weighted by atomic mass is 28.1. The van der Waals surface area contributed by atoms with Crippen LogP contribution in [-0.2, 0) is 14.0 Å². The van der Waals surface area contributed by atoms with Crippen LogP contribution in [0.5, 0.6) is 5.75 Å². The van der Waals surface area contributed by atoms with Gasteiger partial charge in [0.15, 0.2) is 6.79 Å². The molecule has 0 spiro atoms. The van der Waals surface area contributed by atoms with Crippen LogP contribution in [0.15, 0.2) is 30.3 Å². The van der Waals surface area contributed by atoms with Gasteiger partial charge in [-0.05, 0) is 48.3 Å². The van der Waals surface area contributed by atoms with Crippen molar-refractivity contribution in [3.63, 3.8) is 0 Å². The third kappa shape index (κ3) is 3.92. The summed E-state index contributed by atoms with van der Waals surface area (Å²) in [4.78, 5) is 0. The molecule has 0 amide bonds. The molecule has 2 aromatic carbocycles. The van der Waals surface area contributed by atoms with Crippen molar-refractivity contribution in [3.05, 3.63) is 35.9 Å². The van der Waals surface area contributed by atoms with E-state index in [0.29, 0.717) is 6.61 Å². The van der Waals surface area contributed by atoms with Gasteiger partial charge >= 0.3 is 7.12 Å². The molecule has 0 N–H and O–H groups in total. The molecular formula is C21H27BO4Si. The minimum Gasteiger partial charge on any atom is -0.468 e. The maximum absolute atomic E-state index is 6.43. The maximum Gasteiger partial charge on any atom is 0.495 e. The van der Waals surface area contributed by atoms with Gasteiger partial charge in [0.25, 0.3) is 0 Å². The summed E-state index contributed by atoms with van der Waals surface area (Å²) in [5.74, 6) is 3.99. The fraction of sp³-hybridized carbons (Fsp3) is 0.429. The van der Waals surface area contributed by atoms with E-state index < -0.39 is 7.12 Å². The minimum absolute atomic E-state index is 0.0822. The fourth-order valence-electron chi connectivity index (χ4n) is 3.14. The number of methoxy groups -OCH3 is 1. The Morgan fingerprint density at radius 2 is 2.00 bits per heavy atom. The second-order valence-corrected chi connectivity index (χ2v) is 8.50. The standard InChI is InChI=1S/C21H27BO4Si/c1-20(2)13-25-22(26-21(20,3)4)18-12-17(24-14-23-5)11-16-8-6-7-15(9-10-27)19(16)18/h6-8,11-12H,13-14H2,1-5,27H3. The number of fused-ring (bicyclic) bond motifs is 1. The molecule has 2 aromatic rings. The van der Waals surface area contributed by atoms with Gasteiger partial charge in [-0.3, -0.25) is 0 Å². The molecule has 0 unspecified atom stereocenters. The van der Waals surface area contributed by atoms with Gasteiger partial charge in [-0.2, -0.15) is 0 Å². The highest BCUT2D eigenvalue weighted by Crippen LogP contribution is 2.38. The van der Waals surface area contributed by atoms with Crippen LogP contribution in [0.25, 0.3) is 10.8 Å². The van der Waals surface area contributed by atoms with Gasteiger partial charge < -0.3 is 18.8 Å². The van der Waals surface area contributed by atoms with Gasteiger partial charge in [-0.1, -0.05) is 31.9 Å². The molecule has 0 bridgehead atoms. The molecule has 4 nitrogen and oxygen atoms in total. The summed E-state index contributed by atoms with van der Waals surface area (Å²) in [5, 5.41) is 2.11. The first-order valence-corrected chi connectivity index (χ1v) is 10.2. The largest absolute Gasteiger partial charge is 0.495 e. The normalized spacial score (nSPS) is 18.2. The summed E-state index contributed by atoms with van der Waals surface area (Å²) in [6, 6.07) is 10.1. The molecule has 27 heavy (non-hydrogen) atoms. The van der Waals surface area contributed by atoms with Crippen molar-refractivity contribution < 1.29 is 18.8 Å². The smallest absolute Gasteiger partial charge is 0.468 e. The average Bonchev–Trinajstić information content (AvgIpc) is 2.62. The van der Waals surface area contributed by atoms with Crippen molar-refractivity contribution in [1.29, 1.82) is 0 Å².